The van der Waals surface area contributed by atoms with Crippen molar-refractivity contribution in [1.29, 1.82) is 5.26 Å². The Kier molecular flexibility index (Phi) is 4.40. The van der Waals surface area contributed by atoms with Gasteiger partial charge in [-0.1, -0.05) is 30.3 Å². The summed E-state index contributed by atoms with van der Waals surface area (Å²) in [5.74, 6) is -1.14. The fraction of sp³-hybridized carbons (Fsp3) is 0.0526. The number of aromatic nitrogens is 2. The molecule has 2 aromatic carbocycles. The van der Waals surface area contributed by atoms with Gasteiger partial charge in [-0.3, -0.25) is 4.79 Å². The summed E-state index contributed by atoms with van der Waals surface area (Å²) in [6.45, 7) is 0. The van der Waals surface area contributed by atoms with Gasteiger partial charge < -0.3 is 5.11 Å². The predicted octanol–water partition coefficient (Wildman–Crippen LogP) is 2.87. The maximum absolute atomic E-state index is 12.3. The standard InChI is InChI=1S/C19H13N3O3/c20-11-15-12-22(16-8-6-14(7-9-16)19(24)25)21-17(15)10-18(23)13-4-2-1-3-5-13/h1-9,12H,10H2,(H,24,25). The fourth-order valence-electron chi connectivity index (χ4n) is 2.40. The number of aromatic carboxylic acids is 1. The number of rotatable bonds is 5. The van der Waals surface area contributed by atoms with Crippen molar-refractivity contribution in [1.82, 2.24) is 9.78 Å². The van der Waals surface area contributed by atoms with E-state index in [0.717, 1.165) is 0 Å². The molecule has 1 aromatic heterocycles. The van der Waals surface area contributed by atoms with Crippen LogP contribution in [0.3, 0.4) is 0 Å². The zero-order chi connectivity index (χ0) is 17.8. The van der Waals surface area contributed by atoms with Gasteiger partial charge in [0.15, 0.2) is 5.78 Å². The zero-order valence-electron chi connectivity index (χ0n) is 13.1. The van der Waals surface area contributed by atoms with Crippen LogP contribution in [0.4, 0.5) is 0 Å². The molecular formula is C19H13N3O3. The summed E-state index contributed by atoms with van der Waals surface area (Å²) in [6.07, 6.45) is 1.55. The quantitative estimate of drug-likeness (QED) is 0.725. The second-order valence-corrected chi connectivity index (χ2v) is 5.36. The SMILES string of the molecule is N#Cc1cn(-c2ccc(C(=O)O)cc2)nc1CC(=O)c1ccccc1. The molecule has 1 heterocycles. The van der Waals surface area contributed by atoms with Gasteiger partial charge in [-0.25, -0.2) is 9.48 Å². The van der Waals surface area contributed by atoms with Gasteiger partial charge in [0.2, 0.25) is 0 Å². The minimum Gasteiger partial charge on any atom is -0.478 e. The summed E-state index contributed by atoms with van der Waals surface area (Å²) in [5.41, 5.74) is 2.04. The highest BCUT2D eigenvalue weighted by Gasteiger charge is 2.15. The van der Waals surface area contributed by atoms with Crippen molar-refractivity contribution < 1.29 is 14.7 Å². The molecule has 6 nitrogen and oxygen atoms in total. The van der Waals surface area contributed by atoms with E-state index < -0.39 is 5.97 Å². The number of carboxylic acid groups (broad SMARTS) is 1. The van der Waals surface area contributed by atoms with E-state index in [0.29, 0.717) is 22.5 Å². The van der Waals surface area contributed by atoms with Crippen molar-refractivity contribution in [2.24, 2.45) is 0 Å². The average Bonchev–Trinajstić information content (AvgIpc) is 3.05. The number of carbonyl (C=O) groups is 2. The summed E-state index contributed by atoms with van der Waals surface area (Å²) in [6, 6.07) is 17.0. The first kappa shape index (κ1) is 16.1. The second-order valence-electron chi connectivity index (χ2n) is 5.36. The molecular weight excluding hydrogens is 318 g/mol. The van der Waals surface area contributed by atoms with E-state index in [1.807, 2.05) is 12.1 Å². The van der Waals surface area contributed by atoms with Gasteiger partial charge in [-0.15, -0.1) is 0 Å². The molecule has 0 aliphatic rings. The van der Waals surface area contributed by atoms with Crippen LogP contribution in [-0.2, 0) is 6.42 Å². The summed E-state index contributed by atoms with van der Waals surface area (Å²) >= 11 is 0. The van der Waals surface area contributed by atoms with Crippen molar-refractivity contribution in [2.45, 2.75) is 6.42 Å². The number of hydrogen-bond donors (Lipinski definition) is 1. The van der Waals surface area contributed by atoms with E-state index >= 15 is 0 Å². The monoisotopic (exact) mass is 331 g/mol. The molecule has 0 aliphatic heterocycles. The first-order chi connectivity index (χ1) is 12.1. The van der Waals surface area contributed by atoms with Crippen LogP contribution >= 0.6 is 0 Å². The third kappa shape index (κ3) is 3.46. The highest BCUT2D eigenvalue weighted by Crippen LogP contribution is 2.15. The third-order valence-corrected chi connectivity index (χ3v) is 3.71. The fourth-order valence-corrected chi connectivity index (χ4v) is 2.40. The van der Waals surface area contributed by atoms with Crippen LogP contribution in [0, 0.1) is 11.3 Å². The molecule has 0 aliphatic carbocycles. The largest absolute Gasteiger partial charge is 0.478 e. The van der Waals surface area contributed by atoms with Crippen molar-refractivity contribution in [2.75, 3.05) is 0 Å². The lowest BCUT2D eigenvalue weighted by Crippen LogP contribution is -2.06. The molecule has 0 spiro atoms. The van der Waals surface area contributed by atoms with Crippen molar-refractivity contribution in [3.63, 3.8) is 0 Å². The molecule has 0 unspecified atom stereocenters. The smallest absolute Gasteiger partial charge is 0.335 e. The number of nitriles is 1. The van der Waals surface area contributed by atoms with E-state index in [2.05, 4.69) is 5.10 Å². The lowest BCUT2D eigenvalue weighted by Gasteiger charge is -2.02. The average molecular weight is 331 g/mol. The van der Waals surface area contributed by atoms with Crippen molar-refractivity contribution >= 4 is 11.8 Å². The maximum atomic E-state index is 12.3. The molecule has 0 radical (unpaired) electrons. The van der Waals surface area contributed by atoms with Gasteiger partial charge in [0.1, 0.15) is 6.07 Å². The maximum Gasteiger partial charge on any atom is 0.335 e. The zero-order valence-corrected chi connectivity index (χ0v) is 13.1. The van der Waals surface area contributed by atoms with Gasteiger partial charge in [0, 0.05) is 11.8 Å². The van der Waals surface area contributed by atoms with E-state index in [-0.39, 0.29) is 17.8 Å². The van der Waals surface area contributed by atoms with Crippen LogP contribution in [0.2, 0.25) is 0 Å². The molecule has 3 aromatic rings. The lowest BCUT2D eigenvalue weighted by molar-refractivity contribution is 0.0696. The summed E-state index contributed by atoms with van der Waals surface area (Å²) in [5, 5.41) is 22.5. The molecule has 1 N–H and O–H groups in total. The molecule has 0 saturated carbocycles. The van der Waals surface area contributed by atoms with Gasteiger partial charge in [-0.05, 0) is 24.3 Å². The highest BCUT2D eigenvalue weighted by atomic mass is 16.4. The minimum atomic E-state index is -1.01. The molecule has 0 amide bonds. The van der Waals surface area contributed by atoms with E-state index in [9.17, 15) is 14.9 Å². The Hall–Kier alpha value is -3.72. The number of nitrogens with zero attached hydrogens (tertiary/aromatic N) is 3. The van der Waals surface area contributed by atoms with Crippen LogP contribution in [0.15, 0.2) is 60.8 Å². The Morgan fingerprint density at radius 3 is 2.32 bits per heavy atom. The predicted molar refractivity (Wildman–Crippen MR) is 89.7 cm³/mol. The first-order valence-electron chi connectivity index (χ1n) is 7.49. The Labute approximate surface area is 143 Å². The summed E-state index contributed by atoms with van der Waals surface area (Å²) in [4.78, 5) is 23.2. The number of ketones is 1. The van der Waals surface area contributed by atoms with Crippen LogP contribution < -0.4 is 0 Å². The molecule has 0 fully saturated rings. The third-order valence-electron chi connectivity index (χ3n) is 3.71. The first-order valence-corrected chi connectivity index (χ1v) is 7.49. The van der Waals surface area contributed by atoms with Crippen LogP contribution in [0.25, 0.3) is 5.69 Å². The number of hydrogen-bond acceptors (Lipinski definition) is 4. The van der Waals surface area contributed by atoms with Gasteiger partial charge in [0.05, 0.1) is 28.9 Å². The van der Waals surface area contributed by atoms with Gasteiger partial charge >= 0.3 is 5.97 Å². The number of Topliss-reactive ketones (excluding diaryl/α,β-unsaturated/α-hetero) is 1. The molecule has 122 valence electrons. The molecule has 3 rings (SSSR count). The summed E-state index contributed by atoms with van der Waals surface area (Å²) in [7, 11) is 0. The number of benzene rings is 2. The Bertz CT molecular complexity index is 967. The topological polar surface area (TPSA) is 96.0 Å². The van der Waals surface area contributed by atoms with Crippen LogP contribution in [0.5, 0.6) is 0 Å². The molecule has 6 heteroatoms. The van der Waals surface area contributed by atoms with Gasteiger partial charge in [0.25, 0.3) is 0 Å². The number of carbonyl (C=O) groups excluding carboxylic acids is 1. The van der Waals surface area contributed by atoms with Crippen molar-refractivity contribution in [3.05, 3.63) is 83.2 Å². The van der Waals surface area contributed by atoms with Crippen LogP contribution in [0.1, 0.15) is 32.0 Å². The minimum absolute atomic E-state index is 0.0209. The second kappa shape index (κ2) is 6.81. The Morgan fingerprint density at radius 1 is 1.04 bits per heavy atom. The summed E-state index contributed by atoms with van der Waals surface area (Å²) < 4.78 is 1.47. The van der Waals surface area contributed by atoms with Gasteiger partial charge in [-0.2, -0.15) is 10.4 Å². The van der Waals surface area contributed by atoms with E-state index in [4.69, 9.17) is 5.11 Å². The normalized spacial score (nSPS) is 10.2. The number of carboxylic acids is 1. The lowest BCUT2D eigenvalue weighted by atomic mass is 10.1. The molecule has 0 saturated heterocycles. The van der Waals surface area contributed by atoms with E-state index in [1.54, 1.807) is 36.4 Å². The molecule has 0 bridgehead atoms. The highest BCUT2D eigenvalue weighted by molar-refractivity contribution is 5.97. The Morgan fingerprint density at radius 2 is 1.72 bits per heavy atom. The Balaban J connectivity index is 1.88. The molecule has 25 heavy (non-hydrogen) atoms. The van der Waals surface area contributed by atoms with E-state index in [1.165, 1.54) is 23.0 Å². The molecule has 0 atom stereocenters. The van der Waals surface area contributed by atoms with Crippen molar-refractivity contribution in [3.8, 4) is 11.8 Å². The van der Waals surface area contributed by atoms with Crippen LogP contribution in [-0.4, -0.2) is 26.6 Å².